The molecule has 0 unspecified atom stereocenters. The number of aryl methyl sites for hydroxylation is 1. The first-order chi connectivity index (χ1) is 9.18. The van der Waals surface area contributed by atoms with Crippen LogP contribution in [-0.2, 0) is 0 Å². The Labute approximate surface area is 113 Å². The van der Waals surface area contributed by atoms with E-state index in [1.165, 1.54) is 16.5 Å². The second kappa shape index (κ2) is 6.18. The molecule has 2 rings (SSSR count). The van der Waals surface area contributed by atoms with Gasteiger partial charge in [0.2, 0.25) is 5.91 Å². The highest BCUT2D eigenvalue weighted by atomic mass is 16.5. The van der Waals surface area contributed by atoms with Crippen LogP contribution in [0.3, 0.4) is 0 Å². The van der Waals surface area contributed by atoms with Crippen LogP contribution in [0.2, 0.25) is 0 Å². The molecule has 0 aliphatic carbocycles. The van der Waals surface area contributed by atoms with Crippen molar-refractivity contribution in [2.24, 2.45) is 0 Å². The van der Waals surface area contributed by atoms with E-state index >= 15 is 0 Å². The lowest BCUT2D eigenvalue weighted by atomic mass is 10.1. The first-order valence-corrected chi connectivity index (χ1v) is 6.38. The molecule has 1 heterocycles. The maximum absolute atomic E-state index is 11.7. The van der Waals surface area contributed by atoms with E-state index in [0.29, 0.717) is 19.4 Å². The fraction of sp³-hybridized carbons (Fsp3) is 0.333. The SMILES string of the molecule is Cc1cccc(OCCCC(=O)n2ccnc2)c1C. The lowest BCUT2D eigenvalue weighted by Gasteiger charge is -2.10. The van der Waals surface area contributed by atoms with Crippen LogP contribution in [0.4, 0.5) is 0 Å². The van der Waals surface area contributed by atoms with Crippen molar-refractivity contribution in [3.05, 3.63) is 48.0 Å². The summed E-state index contributed by atoms with van der Waals surface area (Å²) in [5, 5.41) is 0. The molecule has 0 fully saturated rings. The van der Waals surface area contributed by atoms with Crippen LogP contribution in [-0.4, -0.2) is 22.1 Å². The minimum absolute atomic E-state index is 0.0436. The van der Waals surface area contributed by atoms with Crippen molar-refractivity contribution in [1.82, 2.24) is 9.55 Å². The molecule has 4 nitrogen and oxygen atoms in total. The Morgan fingerprint density at radius 2 is 2.21 bits per heavy atom. The van der Waals surface area contributed by atoms with Gasteiger partial charge in [-0.1, -0.05) is 12.1 Å². The molecule has 1 aromatic heterocycles. The van der Waals surface area contributed by atoms with E-state index in [4.69, 9.17) is 4.74 Å². The van der Waals surface area contributed by atoms with Crippen molar-refractivity contribution in [2.45, 2.75) is 26.7 Å². The molecular formula is C15H18N2O2. The number of aromatic nitrogens is 2. The maximum atomic E-state index is 11.7. The van der Waals surface area contributed by atoms with Gasteiger partial charge in [-0.3, -0.25) is 9.36 Å². The lowest BCUT2D eigenvalue weighted by molar-refractivity contribution is 0.0893. The topological polar surface area (TPSA) is 44.1 Å². The summed E-state index contributed by atoms with van der Waals surface area (Å²) in [6, 6.07) is 6.00. The first-order valence-electron chi connectivity index (χ1n) is 6.38. The minimum atomic E-state index is 0.0436. The van der Waals surface area contributed by atoms with E-state index in [9.17, 15) is 4.79 Å². The Kier molecular flexibility index (Phi) is 4.34. The van der Waals surface area contributed by atoms with Crippen LogP contribution in [0.15, 0.2) is 36.9 Å². The number of rotatable bonds is 5. The van der Waals surface area contributed by atoms with Gasteiger partial charge in [0.25, 0.3) is 0 Å². The highest BCUT2D eigenvalue weighted by molar-refractivity contribution is 5.78. The van der Waals surface area contributed by atoms with Crippen LogP contribution < -0.4 is 4.74 Å². The largest absolute Gasteiger partial charge is 0.493 e. The number of carbonyl (C=O) groups is 1. The van der Waals surface area contributed by atoms with Gasteiger partial charge in [0, 0.05) is 18.8 Å². The van der Waals surface area contributed by atoms with Crippen molar-refractivity contribution in [1.29, 1.82) is 0 Å². The molecule has 0 amide bonds. The average molecular weight is 258 g/mol. The summed E-state index contributed by atoms with van der Waals surface area (Å²) in [7, 11) is 0. The third kappa shape index (κ3) is 3.44. The smallest absolute Gasteiger partial charge is 0.231 e. The van der Waals surface area contributed by atoms with E-state index < -0.39 is 0 Å². The number of hydrogen-bond donors (Lipinski definition) is 0. The average Bonchev–Trinajstić information content (AvgIpc) is 2.93. The Hall–Kier alpha value is -2.10. The molecule has 0 atom stereocenters. The first kappa shape index (κ1) is 13.3. The lowest BCUT2D eigenvalue weighted by Crippen LogP contribution is -2.10. The number of ether oxygens (including phenoxy) is 1. The molecule has 0 aliphatic rings. The third-order valence-electron chi connectivity index (χ3n) is 3.14. The Bertz CT molecular complexity index is 547. The zero-order valence-corrected chi connectivity index (χ0v) is 11.3. The molecule has 0 radical (unpaired) electrons. The molecule has 2 aromatic rings. The molecule has 0 saturated heterocycles. The monoisotopic (exact) mass is 258 g/mol. The molecule has 0 spiro atoms. The second-order valence-corrected chi connectivity index (χ2v) is 4.51. The number of carbonyl (C=O) groups excluding carboxylic acids is 1. The predicted molar refractivity (Wildman–Crippen MR) is 73.5 cm³/mol. The molecule has 0 aliphatic heterocycles. The Balaban J connectivity index is 1.78. The number of nitrogens with zero attached hydrogens (tertiary/aromatic N) is 2. The predicted octanol–water partition coefficient (Wildman–Crippen LogP) is 3.00. The zero-order valence-electron chi connectivity index (χ0n) is 11.3. The summed E-state index contributed by atoms with van der Waals surface area (Å²) in [5.41, 5.74) is 2.37. The number of benzene rings is 1. The zero-order chi connectivity index (χ0) is 13.7. The fourth-order valence-corrected chi connectivity index (χ4v) is 1.82. The van der Waals surface area contributed by atoms with Crippen molar-refractivity contribution in [3.63, 3.8) is 0 Å². The molecule has 4 heteroatoms. The highest BCUT2D eigenvalue weighted by Gasteiger charge is 2.05. The van der Waals surface area contributed by atoms with E-state index in [0.717, 1.165) is 11.3 Å². The summed E-state index contributed by atoms with van der Waals surface area (Å²) >= 11 is 0. The highest BCUT2D eigenvalue weighted by Crippen LogP contribution is 2.20. The van der Waals surface area contributed by atoms with E-state index in [-0.39, 0.29) is 5.91 Å². The van der Waals surface area contributed by atoms with Crippen LogP contribution in [0, 0.1) is 13.8 Å². The summed E-state index contributed by atoms with van der Waals surface area (Å²) in [6.45, 7) is 4.65. The fourth-order valence-electron chi connectivity index (χ4n) is 1.82. The van der Waals surface area contributed by atoms with Gasteiger partial charge in [0.1, 0.15) is 12.1 Å². The minimum Gasteiger partial charge on any atom is -0.493 e. The van der Waals surface area contributed by atoms with Gasteiger partial charge in [-0.2, -0.15) is 0 Å². The number of imidazole rings is 1. The quantitative estimate of drug-likeness (QED) is 0.774. The second-order valence-electron chi connectivity index (χ2n) is 4.51. The summed E-state index contributed by atoms with van der Waals surface area (Å²) in [5.74, 6) is 0.942. The van der Waals surface area contributed by atoms with Gasteiger partial charge >= 0.3 is 0 Å². The maximum Gasteiger partial charge on any atom is 0.231 e. The number of hydrogen-bond acceptors (Lipinski definition) is 3. The summed E-state index contributed by atoms with van der Waals surface area (Å²) < 4.78 is 7.21. The van der Waals surface area contributed by atoms with Crippen LogP contribution in [0.5, 0.6) is 5.75 Å². The van der Waals surface area contributed by atoms with Gasteiger partial charge < -0.3 is 4.74 Å². The molecule has 19 heavy (non-hydrogen) atoms. The van der Waals surface area contributed by atoms with Gasteiger partial charge in [0.15, 0.2) is 0 Å². The standard InChI is InChI=1S/C15H18N2O2/c1-12-5-3-6-14(13(12)2)19-10-4-7-15(18)17-9-8-16-11-17/h3,5-6,8-9,11H,4,7,10H2,1-2H3. The van der Waals surface area contributed by atoms with Crippen LogP contribution in [0.25, 0.3) is 0 Å². The van der Waals surface area contributed by atoms with Gasteiger partial charge in [0.05, 0.1) is 6.61 Å². The molecule has 100 valence electrons. The Morgan fingerprint density at radius 3 is 2.95 bits per heavy atom. The molecule has 0 N–H and O–H groups in total. The molecular weight excluding hydrogens is 240 g/mol. The van der Waals surface area contributed by atoms with Gasteiger partial charge in [-0.15, -0.1) is 0 Å². The van der Waals surface area contributed by atoms with Crippen molar-refractivity contribution in [3.8, 4) is 5.75 Å². The van der Waals surface area contributed by atoms with E-state index in [2.05, 4.69) is 18.0 Å². The molecule has 1 aromatic carbocycles. The normalized spacial score (nSPS) is 10.4. The van der Waals surface area contributed by atoms with E-state index in [1.54, 1.807) is 12.4 Å². The van der Waals surface area contributed by atoms with Gasteiger partial charge in [-0.05, 0) is 37.5 Å². The Morgan fingerprint density at radius 1 is 1.37 bits per heavy atom. The van der Waals surface area contributed by atoms with E-state index in [1.807, 2.05) is 19.1 Å². The van der Waals surface area contributed by atoms with Crippen molar-refractivity contribution in [2.75, 3.05) is 6.61 Å². The van der Waals surface area contributed by atoms with Gasteiger partial charge in [-0.25, -0.2) is 4.98 Å². The molecule has 0 bridgehead atoms. The van der Waals surface area contributed by atoms with Crippen LogP contribution in [0.1, 0.15) is 28.8 Å². The molecule has 0 saturated carbocycles. The summed E-state index contributed by atoms with van der Waals surface area (Å²) in [4.78, 5) is 15.6. The van der Waals surface area contributed by atoms with Crippen molar-refractivity contribution >= 4 is 5.91 Å². The van der Waals surface area contributed by atoms with Crippen molar-refractivity contribution < 1.29 is 9.53 Å². The third-order valence-corrected chi connectivity index (χ3v) is 3.14. The van der Waals surface area contributed by atoms with Crippen LogP contribution >= 0.6 is 0 Å². The summed E-state index contributed by atoms with van der Waals surface area (Å²) in [6.07, 6.45) is 5.94.